The Morgan fingerprint density at radius 3 is 3.06 bits per heavy atom. The second kappa shape index (κ2) is 5.68. The van der Waals surface area contributed by atoms with E-state index >= 15 is 0 Å². The lowest BCUT2D eigenvalue weighted by atomic mass is 10.2. The van der Waals surface area contributed by atoms with Crippen molar-refractivity contribution in [3.63, 3.8) is 0 Å². The van der Waals surface area contributed by atoms with Gasteiger partial charge in [-0.2, -0.15) is 0 Å². The predicted molar refractivity (Wildman–Crippen MR) is 71.6 cm³/mol. The lowest BCUT2D eigenvalue weighted by molar-refractivity contribution is 0.816. The standard InChI is InChI=1S/C12H14N4OS/c1-2-3-8-6-11(17)16-12(15-8)18-10-4-5-14-7-9(10)13/h4-7H,2-3,13H2,1H3,(H,15,16,17). The summed E-state index contributed by atoms with van der Waals surface area (Å²) in [6.45, 7) is 2.05. The summed E-state index contributed by atoms with van der Waals surface area (Å²) >= 11 is 1.34. The molecule has 0 radical (unpaired) electrons. The SMILES string of the molecule is CCCc1cc(=O)[nH]c(Sc2ccncc2N)n1. The van der Waals surface area contributed by atoms with Crippen LogP contribution in [-0.2, 0) is 6.42 Å². The van der Waals surface area contributed by atoms with Gasteiger partial charge < -0.3 is 10.7 Å². The van der Waals surface area contributed by atoms with E-state index in [1.807, 2.05) is 0 Å². The Morgan fingerprint density at radius 2 is 2.33 bits per heavy atom. The van der Waals surface area contributed by atoms with E-state index in [2.05, 4.69) is 21.9 Å². The largest absolute Gasteiger partial charge is 0.397 e. The zero-order chi connectivity index (χ0) is 13.0. The van der Waals surface area contributed by atoms with Gasteiger partial charge in [0.15, 0.2) is 5.16 Å². The number of H-pyrrole nitrogens is 1. The smallest absolute Gasteiger partial charge is 0.251 e. The average Bonchev–Trinajstić information content (AvgIpc) is 2.32. The molecule has 0 atom stereocenters. The number of nitrogens with one attached hydrogen (secondary N) is 1. The van der Waals surface area contributed by atoms with Crippen molar-refractivity contribution in [3.8, 4) is 0 Å². The van der Waals surface area contributed by atoms with Gasteiger partial charge in [0, 0.05) is 22.9 Å². The van der Waals surface area contributed by atoms with Gasteiger partial charge in [-0.15, -0.1) is 0 Å². The van der Waals surface area contributed by atoms with Gasteiger partial charge >= 0.3 is 0 Å². The van der Waals surface area contributed by atoms with Crippen LogP contribution in [0, 0.1) is 0 Å². The van der Waals surface area contributed by atoms with E-state index in [1.54, 1.807) is 18.5 Å². The molecule has 0 aliphatic carbocycles. The van der Waals surface area contributed by atoms with Gasteiger partial charge in [0.05, 0.1) is 11.9 Å². The first-order valence-corrected chi connectivity index (χ1v) is 6.48. The number of aryl methyl sites for hydroxylation is 1. The molecule has 94 valence electrons. The zero-order valence-corrected chi connectivity index (χ0v) is 10.8. The molecule has 2 rings (SSSR count). The molecule has 3 N–H and O–H groups in total. The Hall–Kier alpha value is -1.82. The average molecular weight is 262 g/mol. The topological polar surface area (TPSA) is 84.7 Å². The Labute approximate surface area is 109 Å². The third-order valence-electron chi connectivity index (χ3n) is 2.30. The van der Waals surface area contributed by atoms with Gasteiger partial charge in [0.25, 0.3) is 5.56 Å². The molecule has 0 bridgehead atoms. The maximum atomic E-state index is 11.5. The van der Waals surface area contributed by atoms with Crippen LogP contribution in [0.2, 0.25) is 0 Å². The normalized spacial score (nSPS) is 10.5. The maximum Gasteiger partial charge on any atom is 0.251 e. The number of pyridine rings is 1. The predicted octanol–water partition coefficient (Wildman–Crippen LogP) is 1.85. The minimum Gasteiger partial charge on any atom is -0.397 e. The summed E-state index contributed by atoms with van der Waals surface area (Å²) in [5.74, 6) is 0. The fourth-order valence-corrected chi connectivity index (χ4v) is 2.33. The Balaban J connectivity index is 2.29. The third-order valence-corrected chi connectivity index (χ3v) is 3.27. The molecule has 6 heteroatoms. The third kappa shape index (κ3) is 3.10. The minimum atomic E-state index is -0.136. The first kappa shape index (κ1) is 12.6. The molecule has 0 fully saturated rings. The Bertz CT molecular complexity index is 597. The Kier molecular flexibility index (Phi) is 3.99. The van der Waals surface area contributed by atoms with E-state index < -0.39 is 0 Å². The van der Waals surface area contributed by atoms with Crippen LogP contribution in [0.4, 0.5) is 5.69 Å². The van der Waals surface area contributed by atoms with E-state index in [0.29, 0.717) is 10.8 Å². The molecule has 5 nitrogen and oxygen atoms in total. The number of hydrogen-bond acceptors (Lipinski definition) is 5. The van der Waals surface area contributed by atoms with Crippen LogP contribution in [-0.4, -0.2) is 15.0 Å². The molecule has 0 saturated carbocycles. The summed E-state index contributed by atoms with van der Waals surface area (Å²) in [6.07, 6.45) is 4.99. The molecule has 0 aliphatic rings. The molecule has 0 aliphatic heterocycles. The number of hydrogen-bond donors (Lipinski definition) is 2. The molecule has 2 heterocycles. The molecular weight excluding hydrogens is 248 g/mol. The van der Waals surface area contributed by atoms with Crippen molar-refractivity contribution in [3.05, 3.63) is 40.6 Å². The van der Waals surface area contributed by atoms with E-state index in [9.17, 15) is 4.79 Å². The second-order valence-electron chi connectivity index (χ2n) is 3.81. The van der Waals surface area contributed by atoms with Crippen molar-refractivity contribution in [1.82, 2.24) is 15.0 Å². The number of aromatic nitrogens is 3. The van der Waals surface area contributed by atoms with E-state index in [0.717, 1.165) is 23.4 Å². The molecule has 0 aromatic carbocycles. The first-order valence-electron chi connectivity index (χ1n) is 5.66. The van der Waals surface area contributed by atoms with Crippen molar-refractivity contribution < 1.29 is 0 Å². The van der Waals surface area contributed by atoms with Crippen LogP contribution in [0.1, 0.15) is 19.0 Å². The maximum absolute atomic E-state index is 11.5. The number of nitrogens with two attached hydrogens (primary N) is 1. The minimum absolute atomic E-state index is 0.136. The Morgan fingerprint density at radius 1 is 1.50 bits per heavy atom. The lowest BCUT2D eigenvalue weighted by Crippen LogP contribution is -2.09. The molecule has 2 aromatic rings. The van der Waals surface area contributed by atoms with Gasteiger partial charge in [-0.25, -0.2) is 4.98 Å². The van der Waals surface area contributed by atoms with E-state index in [-0.39, 0.29) is 5.56 Å². The summed E-state index contributed by atoms with van der Waals surface area (Å²) in [5.41, 5.74) is 7.04. The van der Waals surface area contributed by atoms with Crippen molar-refractivity contribution in [2.24, 2.45) is 0 Å². The molecule has 2 aromatic heterocycles. The van der Waals surface area contributed by atoms with Crippen molar-refractivity contribution in [1.29, 1.82) is 0 Å². The summed E-state index contributed by atoms with van der Waals surface area (Å²) in [6, 6.07) is 3.33. The molecular formula is C12H14N4OS. The lowest BCUT2D eigenvalue weighted by Gasteiger charge is -2.05. The van der Waals surface area contributed by atoms with Crippen molar-refractivity contribution >= 4 is 17.4 Å². The van der Waals surface area contributed by atoms with Gasteiger partial charge in [0.1, 0.15) is 0 Å². The van der Waals surface area contributed by atoms with Crippen LogP contribution in [0.3, 0.4) is 0 Å². The molecule has 0 saturated heterocycles. The van der Waals surface area contributed by atoms with Gasteiger partial charge in [-0.3, -0.25) is 9.78 Å². The highest BCUT2D eigenvalue weighted by Crippen LogP contribution is 2.28. The number of aromatic amines is 1. The van der Waals surface area contributed by atoms with Crippen LogP contribution in [0.5, 0.6) is 0 Å². The quantitative estimate of drug-likeness (QED) is 0.821. The van der Waals surface area contributed by atoms with Gasteiger partial charge in [-0.1, -0.05) is 13.3 Å². The fraction of sp³-hybridized carbons (Fsp3) is 0.250. The summed E-state index contributed by atoms with van der Waals surface area (Å²) < 4.78 is 0. The molecule has 18 heavy (non-hydrogen) atoms. The van der Waals surface area contributed by atoms with Crippen LogP contribution in [0.15, 0.2) is 39.4 Å². The highest BCUT2D eigenvalue weighted by molar-refractivity contribution is 7.99. The van der Waals surface area contributed by atoms with Crippen LogP contribution in [0.25, 0.3) is 0 Å². The summed E-state index contributed by atoms with van der Waals surface area (Å²) in [7, 11) is 0. The molecule has 0 amide bonds. The van der Waals surface area contributed by atoms with Crippen molar-refractivity contribution in [2.45, 2.75) is 29.8 Å². The fourth-order valence-electron chi connectivity index (χ4n) is 1.51. The molecule has 0 unspecified atom stereocenters. The first-order chi connectivity index (χ1) is 8.69. The van der Waals surface area contributed by atoms with Crippen molar-refractivity contribution in [2.75, 3.05) is 5.73 Å². The van der Waals surface area contributed by atoms with Crippen LogP contribution >= 0.6 is 11.8 Å². The number of rotatable bonds is 4. The monoisotopic (exact) mass is 262 g/mol. The zero-order valence-electron chi connectivity index (χ0n) is 10.0. The number of anilines is 1. The molecule has 0 spiro atoms. The summed E-state index contributed by atoms with van der Waals surface area (Å²) in [5, 5.41) is 0.559. The van der Waals surface area contributed by atoms with E-state index in [4.69, 9.17) is 5.73 Å². The number of nitrogen functional groups attached to an aromatic ring is 1. The second-order valence-corrected chi connectivity index (χ2v) is 4.84. The van der Waals surface area contributed by atoms with Gasteiger partial charge in [0.2, 0.25) is 0 Å². The summed E-state index contributed by atoms with van der Waals surface area (Å²) in [4.78, 5) is 23.4. The highest BCUT2D eigenvalue weighted by Gasteiger charge is 2.05. The van der Waals surface area contributed by atoms with E-state index in [1.165, 1.54) is 17.8 Å². The van der Waals surface area contributed by atoms with Gasteiger partial charge in [-0.05, 0) is 24.2 Å². The van der Waals surface area contributed by atoms with Crippen LogP contribution < -0.4 is 11.3 Å². The number of nitrogens with zero attached hydrogens (tertiary/aromatic N) is 2. The highest BCUT2D eigenvalue weighted by atomic mass is 32.2.